The standard InChI is InChI=1S/C26H28N6O2/c1-31(17-19-16-22(30-29-19)18-8-3-2-4-9-18)26(34)23-12-7-15-32(23)25(33)14-13-24-27-20-10-5-6-11-21(20)28-24/h2-6,8-11,16,23H,7,12-15,17H2,1H3,(H,27,28)(H,29,30)/p+1/t23-/m0/s1. The van der Waals surface area contributed by atoms with Crippen molar-refractivity contribution in [2.75, 3.05) is 13.6 Å². The third-order valence-electron chi connectivity index (χ3n) is 6.43. The highest BCUT2D eigenvalue weighted by atomic mass is 16.2. The van der Waals surface area contributed by atoms with Crippen molar-refractivity contribution in [1.82, 2.24) is 25.0 Å². The Morgan fingerprint density at radius 3 is 2.76 bits per heavy atom. The van der Waals surface area contributed by atoms with Crippen LogP contribution >= 0.6 is 0 Å². The largest absolute Gasteiger partial charge is 0.338 e. The molecule has 2 aromatic heterocycles. The van der Waals surface area contributed by atoms with Crippen LogP contribution < -0.4 is 4.98 Å². The zero-order valence-electron chi connectivity index (χ0n) is 19.3. The predicted molar refractivity (Wildman–Crippen MR) is 128 cm³/mol. The van der Waals surface area contributed by atoms with E-state index in [4.69, 9.17) is 0 Å². The van der Waals surface area contributed by atoms with E-state index in [1.165, 1.54) is 0 Å². The lowest BCUT2D eigenvalue weighted by molar-refractivity contribution is -0.357. The second-order valence-electron chi connectivity index (χ2n) is 8.86. The van der Waals surface area contributed by atoms with Gasteiger partial charge in [-0.15, -0.1) is 0 Å². The van der Waals surface area contributed by atoms with Crippen LogP contribution in [0.4, 0.5) is 0 Å². The zero-order chi connectivity index (χ0) is 23.5. The van der Waals surface area contributed by atoms with Crippen LogP contribution in [0.25, 0.3) is 22.3 Å². The fourth-order valence-electron chi connectivity index (χ4n) is 4.67. The Kier molecular flexibility index (Phi) is 6.12. The van der Waals surface area contributed by atoms with Gasteiger partial charge in [0.1, 0.15) is 6.04 Å². The van der Waals surface area contributed by atoms with E-state index < -0.39 is 6.04 Å². The van der Waals surface area contributed by atoms with Crippen molar-refractivity contribution >= 4 is 22.8 Å². The van der Waals surface area contributed by atoms with Crippen LogP contribution in [-0.4, -0.2) is 56.4 Å². The number of hydrogen-bond donors (Lipinski definition) is 2. The monoisotopic (exact) mass is 457 g/mol. The van der Waals surface area contributed by atoms with Gasteiger partial charge in [0.25, 0.3) is 5.82 Å². The molecule has 34 heavy (non-hydrogen) atoms. The molecule has 3 N–H and O–H groups in total. The van der Waals surface area contributed by atoms with E-state index in [0.29, 0.717) is 32.4 Å². The first kappa shape index (κ1) is 21.9. The van der Waals surface area contributed by atoms with Crippen LogP contribution in [0.1, 0.15) is 30.8 Å². The van der Waals surface area contributed by atoms with Crippen LogP contribution in [0.3, 0.4) is 0 Å². The summed E-state index contributed by atoms with van der Waals surface area (Å²) in [5.74, 6) is 0.908. The van der Waals surface area contributed by atoms with E-state index in [0.717, 1.165) is 40.2 Å². The number of para-hydroxylation sites is 2. The number of H-pyrrole nitrogens is 3. The summed E-state index contributed by atoms with van der Waals surface area (Å²) in [4.78, 5) is 36.3. The highest BCUT2D eigenvalue weighted by Gasteiger charge is 2.35. The molecule has 8 heteroatoms. The average molecular weight is 458 g/mol. The second-order valence-corrected chi connectivity index (χ2v) is 8.86. The van der Waals surface area contributed by atoms with Crippen LogP contribution in [-0.2, 0) is 22.6 Å². The molecule has 1 saturated heterocycles. The number of carbonyl (C=O) groups is 2. The SMILES string of the molecule is CN(Cc1cc(-c2ccccc2)n[nH]1)C(=O)[C@@H]1CCCN1C(=O)CCc1[nH]c2ccccc2[nH+]1. The maximum Gasteiger partial charge on any atom is 0.253 e. The van der Waals surface area contributed by atoms with Crippen molar-refractivity contribution in [3.63, 3.8) is 0 Å². The summed E-state index contributed by atoms with van der Waals surface area (Å²) in [7, 11) is 1.78. The lowest BCUT2D eigenvalue weighted by Crippen LogP contribution is -2.46. The summed E-state index contributed by atoms with van der Waals surface area (Å²) >= 11 is 0. The van der Waals surface area contributed by atoms with Gasteiger partial charge in [0.05, 0.1) is 24.4 Å². The fourth-order valence-corrected chi connectivity index (χ4v) is 4.67. The number of likely N-dealkylation sites (tertiary alicyclic amines) is 1. The van der Waals surface area contributed by atoms with E-state index >= 15 is 0 Å². The zero-order valence-corrected chi connectivity index (χ0v) is 19.3. The van der Waals surface area contributed by atoms with Crippen molar-refractivity contribution in [2.45, 2.75) is 38.3 Å². The summed E-state index contributed by atoms with van der Waals surface area (Å²) in [5, 5.41) is 7.41. The number of rotatable bonds is 7. The molecule has 1 aliphatic heterocycles. The van der Waals surface area contributed by atoms with Gasteiger partial charge in [-0.2, -0.15) is 5.10 Å². The summed E-state index contributed by atoms with van der Waals surface area (Å²) in [6, 6.07) is 19.5. The molecule has 0 saturated carbocycles. The Morgan fingerprint density at radius 1 is 1.15 bits per heavy atom. The molecule has 0 unspecified atom stereocenters. The van der Waals surface area contributed by atoms with E-state index in [9.17, 15) is 9.59 Å². The van der Waals surface area contributed by atoms with Gasteiger partial charge in [0.15, 0.2) is 11.0 Å². The van der Waals surface area contributed by atoms with E-state index in [1.54, 1.807) is 16.8 Å². The smallest absolute Gasteiger partial charge is 0.253 e. The molecular formula is C26H29N6O2+. The lowest BCUT2D eigenvalue weighted by Gasteiger charge is -2.27. The molecule has 0 spiro atoms. The number of aryl methyl sites for hydroxylation is 1. The predicted octanol–water partition coefficient (Wildman–Crippen LogP) is 2.95. The number of likely N-dealkylation sites (N-methyl/N-ethyl adjacent to an activating group) is 1. The summed E-state index contributed by atoms with van der Waals surface area (Å²) in [6.45, 7) is 1.04. The van der Waals surface area contributed by atoms with Crippen molar-refractivity contribution in [3.8, 4) is 11.3 Å². The molecule has 4 aromatic rings. The fraction of sp³-hybridized carbons (Fsp3) is 0.308. The van der Waals surface area contributed by atoms with Crippen molar-refractivity contribution in [3.05, 3.63) is 72.2 Å². The Labute approximate surface area is 198 Å². The van der Waals surface area contributed by atoms with Crippen LogP contribution in [0.15, 0.2) is 60.7 Å². The maximum atomic E-state index is 13.2. The van der Waals surface area contributed by atoms with Gasteiger partial charge in [-0.25, -0.2) is 9.97 Å². The minimum absolute atomic E-state index is 0.0178. The van der Waals surface area contributed by atoms with Gasteiger partial charge in [-0.1, -0.05) is 42.5 Å². The van der Waals surface area contributed by atoms with Crippen LogP contribution in [0.5, 0.6) is 0 Å². The van der Waals surface area contributed by atoms with Crippen LogP contribution in [0.2, 0.25) is 0 Å². The number of carbonyl (C=O) groups excluding carboxylic acids is 2. The first-order chi connectivity index (χ1) is 16.6. The Balaban J connectivity index is 1.19. The number of aromatic amines is 3. The quantitative estimate of drug-likeness (QED) is 0.446. The normalized spacial score (nSPS) is 15.7. The first-order valence-corrected chi connectivity index (χ1v) is 11.7. The molecule has 2 aromatic carbocycles. The molecule has 0 bridgehead atoms. The highest BCUT2D eigenvalue weighted by Crippen LogP contribution is 2.22. The molecular weight excluding hydrogens is 428 g/mol. The summed E-state index contributed by atoms with van der Waals surface area (Å²) < 4.78 is 0. The number of nitrogens with zero attached hydrogens (tertiary/aromatic N) is 3. The van der Waals surface area contributed by atoms with Gasteiger partial charge >= 0.3 is 0 Å². The molecule has 2 amide bonds. The molecule has 174 valence electrons. The van der Waals surface area contributed by atoms with Gasteiger partial charge in [-0.05, 0) is 31.0 Å². The topological polar surface area (TPSA) is 99.2 Å². The van der Waals surface area contributed by atoms with Gasteiger partial charge < -0.3 is 9.80 Å². The number of hydrogen-bond acceptors (Lipinski definition) is 3. The average Bonchev–Trinajstić information content (AvgIpc) is 3.62. The Morgan fingerprint density at radius 2 is 1.94 bits per heavy atom. The third-order valence-corrected chi connectivity index (χ3v) is 6.43. The number of imidazole rings is 1. The van der Waals surface area contributed by atoms with Crippen molar-refractivity contribution < 1.29 is 14.6 Å². The van der Waals surface area contributed by atoms with Gasteiger partial charge in [0, 0.05) is 25.6 Å². The highest BCUT2D eigenvalue weighted by molar-refractivity contribution is 5.88. The minimum Gasteiger partial charge on any atom is -0.338 e. The van der Waals surface area contributed by atoms with E-state index in [1.807, 2.05) is 60.7 Å². The minimum atomic E-state index is -0.402. The summed E-state index contributed by atoms with van der Waals surface area (Å²) in [5.41, 5.74) is 4.78. The molecule has 1 aliphatic rings. The maximum absolute atomic E-state index is 13.2. The van der Waals surface area contributed by atoms with Crippen molar-refractivity contribution in [1.29, 1.82) is 0 Å². The molecule has 0 radical (unpaired) electrons. The number of amides is 2. The summed E-state index contributed by atoms with van der Waals surface area (Å²) in [6.07, 6.45) is 2.48. The first-order valence-electron chi connectivity index (χ1n) is 11.7. The second kappa shape index (κ2) is 9.51. The number of aromatic nitrogens is 4. The van der Waals surface area contributed by atoms with Gasteiger partial charge in [-0.3, -0.25) is 14.7 Å². The molecule has 5 rings (SSSR count). The lowest BCUT2D eigenvalue weighted by atomic mass is 10.1. The number of nitrogens with one attached hydrogen (secondary N) is 3. The number of benzene rings is 2. The molecule has 0 aliphatic carbocycles. The van der Waals surface area contributed by atoms with E-state index in [-0.39, 0.29) is 11.8 Å². The Hall–Kier alpha value is -3.94. The third kappa shape index (κ3) is 4.57. The molecule has 1 fully saturated rings. The van der Waals surface area contributed by atoms with Crippen LogP contribution in [0, 0.1) is 0 Å². The van der Waals surface area contributed by atoms with Crippen molar-refractivity contribution in [2.24, 2.45) is 0 Å². The molecule has 8 nitrogen and oxygen atoms in total. The molecule has 3 heterocycles. The molecule has 1 atom stereocenters. The van der Waals surface area contributed by atoms with E-state index in [2.05, 4.69) is 20.2 Å². The number of fused-ring (bicyclic) bond motifs is 1. The van der Waals surface area contributed by atoms with Gasteiger partial charge in [0.2, 0.25) is 11.8 Å². The Bertz CT molecular complexity index is 1260.